The molecule has 3 atom stereocenters. The summed E-state index contributed by atoms with van der Waals surface area (Å²) in [5.41, 5.74) is -1.29. The van der Waals surface area contributed by atoms with Crippen LogP contribution in [0.3, 0.4) is 0 Å². The zero-order valence-corrected chi connectivity index (χ0v) is 13.9. The maximum absolute atomic E-state index is 11.8. The van der Waals surface area contributed by atoms with Crippen LogP contribution >= 0.6 is 0 Å². The van der Waals surface area contributed by atoms with E-state index in [2.05, 4.69) is 0 Å². The van der Waals surface area contributed by atoms with Gasteiger partial charge >= 0.3 is 5.97 Å². The second-order valence-electron chi connectivity index (χ2n) is 6.26. The molecule has 1 spiro atoms. The van der Waals surface area contributed by atoms with Crippen LogP contribution in [0.25, 0.3) is 0 Å². The molecule has 1 aliphatic heterocycles. The van der Waals surface area contributed by atoms with Gasteiger partial charge in [0, 0.05) is 44.1 Å². The fourth-order valence-electron chi connectivity index (χ4n) is 3.66. The van der Waals surface area contributed by atoms with E-state index in [9.17, 15) is 14.9 Å². The van der Waals surface area contributed by atoms with Gasteiger partial charge in [0.2, 0.25) is 5.54 Å². The number of hydrogen-bond donors (Lipinski definition) is 0. The maximum atomic E-state index is 11.8. The van der Waals surface area contributed by atoms with Crippen molar-refractivity contribution in [2.75, 3.05) is 26.9 Å². The summed E-state index contributed by atoms with van der Waals surface area (Å²) in [6, 6.07) is 0. The Labute approximate surface area is 135 Å². The van der Waals surface area contributed by atoms with Crippen LogP contribution in [0, 0.1) is 16.0 Å². The van der Waals surface area contributed by atoms with Crippen LogP contribution in [0.15, 0.2) is 0 Å². The van der Waals surface area contributed by atoms with Crippen molar-refractivity contribution < 1.29 is 28.7 Å². The number of nitro groups is 1. The van der Waals surface area contributed by atoms with Gasteiger partial charge in [0.05, 0.1) is 19.8 Å². The van der Waals surface area contributed by atoms with Crippen LogP contribution in [-0.2, 0) is 23.7 Å². The molecule has 8 heteroatoms. The molecule has 2 aliphatic rings. The van der Waals surface area contributed by atoms with E-state index in [-0.39, 0.29) is 17.3 Å². The van der Waals surface area contributed by atoms with Crippen molar-refractivity contribution in [3.63, 3.8) is 0 Å². The summed E-state index contributed by atoms with van der Waals surface area (Å²) < 4.78 is 21.8. The second kappa shape index (κ2) is 7.11. The van der Waals surface area contributed by atoms with E-state index in [4.69, 9.17) is 18.9 Å². The molecule has 23 heavy (non-hydrogen) atoms. The molecule has 1 aliphatic carbocycles. The van der Waals surface area contributed by atoms with Crippen molar-refractivity contribution in [2.45, 2.75) is 57.0 Å². The number of rotatable bonds is 6. The molecule has 0 unspecified atom stereocenters. The van der Waals surface area contributed by atoms with Crippen LogP contribution in [0.5, 0.6) is 0 Å². The minimum atomic E-state index is -1.29. The molecular formula is C15H25NO7. The number of carbonyl (C=O) groups excluding carboxylic acids is 1. The monoisotopic (exact) mass is 331 g/mol. The fourth-order valence-corrected chi connectivity index (χ4v) is 3.66. The van der Waals surface area contributed by atoms with E-state index >= 15 is 0 Å². The zero-order chi connectivity index (χ0) is 17.1. The Kier molecular flexibility index (Phi) is 5.59. The second-order valence-corrected chi connectivity index (χ2v) is 6.26. The molecule has 0 aromatic carbocycles. The minimum absolute atomic E-state index is 0.133. The van der Waals surface area contributed by atoms with Gasteiger partial charge < -0.3 is 18.9 Å². The van der Waals surface area contributed by atoms with E-state index < -0.39 is 23.3 Å². The van der Waals surface area contributed by atoms with E-state index in [1.165, 1.54) is 7.11 Å². The standard InChI is InChI=1S/C15H25NO7/c1-4-21-13(17)6-5-11-9-15(22-7-8-23-15)10-12(20-3)14(11,2)16(18)19/h11-12H,4-10H2,1-3H3/t11-,12-,14-/m1/s1. The fraction of sp³-hybridized carbons (Fsp3) is 0.933. The van der Waals surface area contributed by atoms with Crippen molar-refractivity contribution in [1.29, 1.82) is 0 Å². The molecule has 0 aromatic heterocycles. The topological polar surface area (TPSA) is 97.1 Å². The molecule has 1 heterocycles. The summed E-state index contributed by atoms with van der Waals surface area (Å²) in [5, 5.41) is 11.8. The van der Waals surface area contributed by atoms with Gasteiger partial charge in [-0.1, -0.05) is 0 Å². The Morgan fingerprint density at radius 1 is 1.35 bits per heavy atom. The van der Waals surface area contributed by atoms with Crippen LogP contribution in [0.1, 0.15) is 39.5 Å². The lowest BCUT2D eigenvalue weighted by atomic mass is 9.68. The first-order chi connectivity index (χ1) is 10.9. The number of esters is 1. The van der Waals surface area contributed by atoms with Crippen molar-refractivity contribution in [3.05, 3.63) is 10.1 Å². The molecule has 132 valence electrons. The summed E-state index contributed by atoms with van der Waals surface area (Å²) >= 11 is 0. The SMILES string of the molecule is CCOC(=O)CC[C@@H]1CC2(C[C@@H](OC)[C@]1(C)[N+](=O)[O-])OCCO2. The van der Waals surface area contributed by atoms with Gasteiger partial charge in [-0.05, 0) is 13.3 Å². The minimum Gasteiger partial charge on any atom is -0.466 e. The van der Waals surface area contributed by atoms with E-state index in [0.29, 0.717) is 39.1 Å². The summed E-state index contributed by atoms with van der Waals surface area (Å²) in [4.78, 5) is 23.1. The highest BCUT2D eigenvalue weighted by Gasteiger charge is 2.62. The number of carbonyl (C=O) groups is 1. The summed E-state index contributed by atoms with van der Waals surface area (Å²) in [6.07, 6.45) is 0.524. The smallest absolute Gasteiger partial charge is 0.305 e. The van der Waals surface area contributed by atoms with Gasteiger partial charge in [0.1, 0.15) is 6.10 Å². The van der Waals surface area contributed by atoms with Crippen LogP contribution < -0.4 is 0 Å². The highest BCUT2D eigenvalue weighted by molar-refractivity contribution is 5.69. The van der Waals surface area contributed by atoms with E-state index in [1.807, 2.05) is 0 Å². The molecule has 0 radical (unpaired) electrons. The number of methoxy groups -OCH3 is 1. The Morgan fingerprint density at radius 2 is 2.00 bits per heavy atom. The average Bonchev–Trinajstić information content (AvgIpc) is 2.96. The third kappa shape index (κ3) is 3.49. The van der Waals surface area contributed by atoms with Gasteiger partial charge in [0.25, 0.3) is 0 Å². The Bertz CT molecular complexity index is 449. The van der Waals surface area contributed by atoms with Crippen LogP contribution in [0.4, 0.5) is 0 Å². The molecule has 0 N–H and O–H groups in total. The number of ether oxygens (including phenoxy) is 4. The molecular weight excluding hydrogens is 306 g/mol. The third-order valence-corrected chi connectivity index (χ3v) is 5.03. The summed E-state index contributed by atoms with van der Waals surface area (Å²) in [6.45, 7) is 4.55. The van der Waals surface area contributed by atoms with Gasteiger partial charge in [-0.2, -0.15) is 0 Å². The predicted octanol–water partition coefficient (Wildman–Crippen LogP) is 1.53. The van der Waals surface area contributed by atoms with Gasteiger partial charge in [-0.25, -0.2) is 0 Å². The maximum Gasteiger partial charge on any atom is 0.305 e. The Balaban J connectivity index is 2.20. The molecule has 0 amide bonds. The van der Waals surface area contributed by atoms with Crippen LogP contribution in [0.2, 0.25) is 0 Å². The lowest BCUT2D eigenvalue weighted by molar-refractivity contribution is -0.598. The van der Waals surface area contributed by atoms with Crippen molar-refractivity contribution in [2.24, 2.45) is 5.92 Å². The van der Waals surface area contributed by atoms with E-state index in [1.54, 1.807) is 13.8 Å². The molecule has 0 aromatic rings. The summed E-state index contributed by atoms with van der Waals surface area (Å²) in [5.74, 6) is -1.59. The predicted molar refractivity (Wildman–Crippen MR) is 79.4 cm³/mol. The molecule has 1 saturated heterocycles. The number of nitrogens with zero attached hydrogens (tertiary/aromatic N) is 1. The molecule has 2 fully saturated rings. The summed E-state index contributed by atoms with van der Waals surface area (Å²) in [7, 11) is 1.46. The third-order valence-electron chi connectivity index (χ3n) is 5.03. The quantitative estimate of drug-likeness (QED) is 0.413. The highest BCUT2D eigenvalue weighted by atomic mass is 16.7. The largest absolute Gasteiger partial charge is 0.466 e. The van der Waals surface area contributed by atoms with Crippen molar-refractivity contribution in [1.82, 2.24) is 0 Å². The Hall–Kier alpha value is -1.25. The van der Waals surface area contributed by atoms with Gasteiger partial charge in [0.15, 0.2) is 5.79 Å². The Morgan fingerprint density at radius 3 is 2.52 bits per heavy atom. The molecule has 0 bridgehead atoms. The molecule has 2 rings (SSSR count). The first-order valence-electron chi connectivity index (χ1n) is 7.99. The normalized spacial score (nSPS) is 32.8. The lowest BCUT2D eigenvalue weighted by Crippen LogP contribution is -2.62. The van der Waals surface area contributed by atoms with Gasteiger partial charge in [-0.3, -0.25) is 14.9 Å². The van der Waals surface area contributed by atoms with E-state index in [0.717, 1.165) is 0 Å². The lowest BCUT2D eigenvalue weighted by Gasteiger charge is -2.46. The van der Waals surface area contributed by atoms with Crippen molar-refractivity contribution in [3.8, 4) is 0 Å². The van der Waals surface area contributed by atoms with Crippen molar-refractivity contribution >= 4 is 5.97 Å². The average molecular weight is 331 g/mol. The zero-order valence-electron chi connectivity index (χ0n) is 13.9. The van der Waals surface area contributed by atoms with Crippen LogP contribution in [-0.4, -0.2) is 55.3 Å². The molecule has 8 nitrogen and oxygen atoms in total. The highest BCUT2D eigenvalue weighted by Crippen LogP contribution is 2.47. The first-order valence-corrected chi connectivity index (χ1v) is 7.99. The molecule has 1 saturated carbocycles. The first kappa shape index (κ1) is 18.1. The van der Waals surface area contributed by atoms with Gasteiger partial charge in [-0.15, -0.1) is 0 Å². The number of hydrogen-bond acceptors (Lipinski definition) is 7.